The Labute approximate surface area is 199 Å². The van der Waals surface area contributed by atoms with Gasteiger partial charge in [-0.25, -0.2) is 4.79 Å². The van der Waals surface area contributed by atoms with E-state index < -0.39 is 17.8 Å². The molecule has 1 aromatic heterocycles. The molecular weight excluding hydrogens is 456 g/mol. The lowest BCUT2D eigenvalue weighted by Gasteiger charge is -2.15. The number of rotatable bonds is 5. The second-order valence-electron chi connectivity index (χ2n) is 7.41. The van der Waals surface area contributed by atoms with Crippen LogP contribution in [0.5, 0.6) is 0 Å². The van der Waals surface area contributed by atoms with Crippen LogP contribution in [-0.4, -0.2) is 17.8 Å². The van der Waals surface area contributed by atoms with E-state index in [9.17, 15) is 19.6 Å². The number of nitrogens with zero attached hydrogens (tertiary/aromatic N) is 1. The van der Waals surface area contributed by atoms with Crippen LogP contribution in [0.4, 0.5) is 0 Å². The highest BCUT2D eigenvalue weighted by atomic mass is 35.5. The average molecular weight is 473 g/mol. The normalized spacial score (nSPS) is 14.7. The van der Waals surface area contributed by atoms with Gasteiger partial charge in [-0.2, -0.15) is 5.26 Å². The topological polar surface area (TPSA) is 109 Å². The lowest BCUT2D eigenvalue weighted by molar-refractivity contribution is -0.126. The summed E-state index contributed by atoms with van der Waals surface area (Å²) in [5.41, 5.74) is 1.91. The maximum Gasteiger partial charge on any atom is 0.340 e. The molecule has 0 unspecified atom stereocenters. The molecule has 8 heteroatoms. The molecule has 4 rings (SSSR count). The lowest BCUT2D eigenvalue weighted by Crippen LogP contribution is -2.37. The van der Waals surface area contributed by atoms with Gasteiger partial charge in [-0.3, -0.25) is 14.9 Å². The SMILES string of the molecule is CC1=C(C#N)C(=O)NC(=O)C1=Cc1ccc(-c2ccc(Cl)c(C(=O)OCc3ccccc3)c2)o1. The van der Waals surface area contributed by atoms with Crippen LogP contribution in [0.15, 0.2) is 81.8 Å². The van der Waals surface area contributed by atoms with Gasteiger partial charge in [-0.05, 0) is 54.5 Å². The van der Waals surface area contributed by atoms with Crippen molar-refractivity contribution in [3.8, 4) is 17.4 Å². The first-order valence-electron chi connectivity index (χ1n) is 10.2. The van der Waals surface area contributed by atoms with E-state index in [0.29, 0.717) is 17.1 Å². The van der Waals surface area contributed by atoms with Crippen molar-refractivity contribution < 1.29 is 23.5 Å². The number of hydrogen-bond acceptors (Lipinski definition) is 6. The van der Waals surface area contributed by atoms with Crippen molar-refractivity contribution in [2.24, 2.45) is 0 Å². The minimum atomic E-state index is -0.727. The van der Waals surface area contributed by atoms with Gasteiger partial charge in [0.2, 0.25) is 0 Å². The monoisotopic (exact) mass is 472 g/mol. The van der Waals surface area contributed by atoms with Gasteiger partial charge in [0, 0.05) is 11.1 Å². The number of halogens is 1. The second-order valence-corrected chi connectivity index (χ2v) is 7.82. The Kier molecular flexibility index (Phi) is 6.44. The Balaban J connectivity index is 1.58. The number of ether oxygens (including phenoxy) is 1. The van der Waals surface area contributed by atoms with E-state index in [4.69, 9.17) is 20.8 Å². The highest BCUT2D eigenvalue weighted by Gasteiger charge is 2.27. The number of nitriles is 1. The van der Waals surface area contributed by atoms with E-state index in [1.807, 2.05) is 30.3 Å². The van der Waals surface area contributed by atoms with Gasteiger partial charge >= 0.3 is 5.97 Å². The third-order valence-electron chi connectivity index (χ3n) is 5.19. The van der Waals surface area contributed by atoms with E-state index in [1.54, 1.807) is 36.4 Å². The van der Waals surface area contributed by atoms with Crippen molar-refractivity contribution in [1.29, 1.82) is 5.26 Å². The minimum absolute atomic E-state index is 0.112. The standard InChI is InChI=1S/C26H17ClN2O5/c1-15-19(24(30)29-25(31)21(15)13-28)12-18-8-10-23(34-18)17-7-9-22(27)20(11-17)26(32)33-14-16-5-3-2-4-6-16/h2-12H,14H2,1H3,(H,29,30,31). The Hall–Kier alpha value is -4.41. The number of carbonyl (C=O) groups is 3. The number of hydrogen-bond donors (Lipinski definition) is 1. The van der Waals surface area contributed by atoms with Gasteiger partial charge < -0.3 is 9.15 Å². The van der Waals surface area contributed by atoms with Gasteiger partial charge in [-0.15, -0.1) is 0 Å². The van der Waals surface area contributed by atoms with Gasteiger partial charge in [0.15, 0.2) is 0 Å². The molecule has 168 valence electrons. The number of amides is 2. The smallest absolute Gasteiger partial charge is 0.340 e. The highest BCUT2D eigenvalue weighted by Crippen LogP contribution is 2.29. The molecule has 3 aromatic rings. The zero-order chi connectivity index (χ0) is 24.2. The largest absolute Gasteiger partial charge is 0.457 e. The van der Waals surface area contributed by atoms with Crippen LogP contribution in [0.3, 0.4) is 0 Å². The molecule has 2 amide bonds. The number of nitrogens with one attached hydrogen (secondary N) is 1. The van der Waals surface area contributed by atoms with Crippen LogP contribution in [0.1, 0.15) is 28.6 Å². The van der Waals surface area contributed by atoms with Crippen LogP contribution in [0.25, 0.3) is 17.4 Å². The Morgan fingerprint density at radius 2 is 1.88 bits per heavy atom. The van der Waals surface area contributed by atoms with Crippen LogP contribution >= 0.6 is 11.6 Å². The molecule has 34 heavy (non-hydrogen) atoms. The van der Waals surface area contributed by atoms with Crippen molar-refractivity contribution >= 4 is 35.5 Å². The van der Waals surface area contributed by atoms with Crippen LogP contribution in [0, 0.1) is 11.3 Å². The first kappa shape index (κ1) is 22.8. The minimum Gasteiger partial charge on any atom is -0.457 e. The van der Waals surface area contributed by atoms with Crippen molar-refractivity contribution in [3.05, 3.63) is 99.3 Å². The summed E-state index contributed by atoms with van der Waals surface area (Å²) < 4.78 is 11.2. The first-order chi connectivity index (χ1) is 16.4. The van der Waals surface area contributed by atoms with Gasteiger partial charge in [0.1, 0.15) is 29.8 Å². The molecule has 1 aliphatic rings. The number of furan rings is 1. The summed E-state index contributed by atoms with van der Waals surface area (Å²) in [7, 11) is 0. The molecule has 0 saturated carbocycles. The Bertz CT molecular complexity index is 1410. The molecule has 0 radical (unpaired) electrons. The highest BCUT2D eigenvalue weighted by molar-refractivity contribution is 6.33. The van der Waals surface area contributed by atoms with Crippen molar-refractivity contribution in [3.63, 3.8) is 0 Å². The summed E-state index contributed by atoms with van der Waals surface area (Å²) in [5.74, 6) is -1.16. The van der Waals surface area contributed by atoms with E-state index in [-0.39, 0.29) is 33.9 Å². The van der Waals surface area contributed by atoms with Gasteiger partial charge in [0.05, 0.1) is 10.6 Å². The van der Waals surface area contributed by atoms with E-state index >= 15 is 0 Å². The maximum atomic E-state index is 12.6. The summed E-state index contributed by atoms with van der Waals surface area (Å²) in [5, 5.41) is 11.5. The van der Waals surface area contributed by atoms with Crippen LogP contribution in [0.2, 0.25) is 5.02 Å². The van der Waals surface area contributed by atoms with E-state index in [1.165, 1.54) is 13.0 Å². The van der Waals surface area contributed by atoms with Gasteiger partial charge in [0.25, 0.3) is 11.8 Å². The molecule has 1 N–H and O–H groups in total. The molecule has 0 spiro atoms. The average Bonchev–Trinajstić information content (AvgIpc) is 3.30. The number of carbonyl (C=O) groups excluding carboxylic acids is 3. The number of imide groups is 1. The quantitative estimate of drug-likeness (QED) is 0.323. The third kappa shape index (κ3) is 4.68. The maximum absolute atomic E-state index is 12.6. The molecule has 2 aromatic carbocycles. The summed E-state index contributed by atoms with van der Waals surface area (Å²) >= 11 is 6.22. The summed E-state index contributed by atoms with van der Waals surface area (Å²) in [6.07, 6.45) is 1.45. The van der Waals surface area contributed by atoms with Crippen molar-refractivity contribution in [2.75, 3.05) is 0 Å². The number of benzene rings is 2. The molecule has 0 fully saturated rings. The van der Waals surface area contributed by atoms with Gasteiger partial charge in [-0.1, -0.05) is 41.9 Å². The second kappa shape index (κ2) is 9.61. The molecule has 1 aliphatic heterocycles. The summed E-state index contributed by atoms with van der Waals surface area (Å²) in [4.78, 5) is 36.6. The predicted molar refractivity (Wildman–Crippen MR) is 124 cm³/mol. The zero-order valence-electron chi connectivity index (χ0n) is 17.9. The molecule has 0 aliphatic carbocycles. The molecule has 2 heterocycles. The summed E-state index contributed by atoms with van der Waals surface area (Å²) in [6, 6.07) is 19.2. The summed E-state index contributed by atoms with van der Waals surface area (Å²) in [6.45, 7) is 1.64. The predicted octanol–water partition coefficient (Wildman–Crippen LogP) is 4.84. The Morgan fingerprint density at radius 3 is 2.62 bits per heavy atom. The zero-order valence-corrected chi connectivity index (χ0v) is 18.7. The fourth-order valence-corrected chi connectivity index (χ4v) is 3.57. The van der Waals surface area contributed by atoms with Crippen LogP contribution < -0.4 is 5.32 Å². The third-order valence-corrected chi connectivity index (χ3v) is 5.52. The van der Waals surface area contributed by atoms with Crippen LogP contribution in [-0.2, 0) is 20.9 Å². The molecule has 7 nitrogen and oxygen atoms in total. The number of esters is 1. The molecule has 0 atom stereocenters. The molecular formula is C26H17ClN2O5. The van der Waals surface area contributed by atoms with Crippen molar-refractivity contribution in [1.82, 2.24) is 5.32 Å². The fraction of sp³-hybridized carbons (Fsp3) is 0.0769. The fourth-order valence-electron chi connectivity index (χ4n) is 3.38. The lowest BCUT2D eigenvalue weighted by atomic mass is 9.96. The Morgan fingerprint density at radius 1 is 1.12 bits per heavy atom. The molecule has 0 saturated heterocycles. The van der Waals surface area contributed by atoms with E-state index in [0.717, 1.165) is 5.56 Å². The molecule has 0 bridgehead atoms. The first-order valence-corrected chi connectivity index (χ1v) is 10.5. The van der Waals surface area contributed by atoms with E-state index in [2.05, 4.69) is 5.32 Å². The van der Waals surface area contributed by atoms with Crippen molar-refractivity contribution in [2.45, 2.75) is 13.5 Å².